The van der Waals surface area contributed by atoms with Gasteiger partial charge < -0.3 is 50.5 Å². The second-order valence-electron chi connectivity index (χ2n) is 11.8. The highest BCUT2D eigenvalue weighted by Gasteiger charge is 2.46. The summed E-state index contributed by atoms with van der Waals surface area (Å²) >= 11 is 0. The number of nitrogens with one attached hydrogen (secondary N) is 2. The number of hydrogen-bond donors (Lipinski definition) is 2. The van der Waals surface area contributed by atoms with E-state index in [4.69, 9.17) is 39.8 Å². The molecule has 0 saturated heterocycles. The molecule has 1 rings (SSSR count). The van der Waals surface area contributed by atoms with Gasteiger partial charge in [0.1, 0.15) is 0 Å². The maximum absolute atomic E-state index is 5.95. The first-order valence-electron chi connectivity index (χ1n) is 16.3. The fourth-order valence-electron chi connectivity index (χ4n) is 6.09. The Labute approximate surface area is 295 Å². The van der Waals surface area contributed by atoms with Gasteiger partial charge in [0, 0.05) is 81.9 Å². The first-order valence-corrected chi connectivity index (χ1v) is 28.3. The SMILES string of the molecule is CO[Si](CCCNC(NCCC[Si](OC)(OC)OC)[Si]CCc1c([Si](C)C)ccc(C(C)[Si](OC)(OC)OC)c1[Si](C)C)(OC)OC. The van der Waals surface area contributed by atoms with Gasteiger partial charge in [-0.3, -0.25) is 0 Å². The normalized spacial score (nSPS) is 13.8. The van der Waals surface area contributed by atoms with E-state index in [9.17, 15) is 0 Å². The van der Waals surface area contributed by atoms with Crippen LogP contribution in [0.5, 0.6) is 0 Å². The number of hydrogen-bond acceptors (Lipinski definition) is 11. The lowest BCUT2D eigenvalue weighted by Gasteiger charge is -2.33. The monoisotopic (exact) mass is 764 g/mol. The van der Waals surface area contributed by atoms with Gasteiger partial charge in [-0.05, 0) is 37.9 Å². The van der Waals surface area contributed by atoms with Gasteiger partial charge in [0.05, 0.1) is 32.7 Å². The van der Waals surface area contributed by atoms with Crippen LogP contribution < -0.4 is 21.0 Å². The Morgan fingerprint density at radius 1 is 0.660 bits per heavy atom. The van der Waals surface area contributed by atoms with E-state index in [2.05, 4.69) is 55.9 Å². The molecule has 1 atom stereocenters. The smallest absolute Gasteiger partial charge is 0.377 e. The van der Waals surface area contributed by atoms with Gasteiger partial charge >= 0.3 is 26.4 Å². The van der Waals surface area contributed by atoms with E-state index in [1.54, 1.807) is 64.0 Å². The zero-order chi connectivity index (χ0) is 35.7. The van der Waals surface area contributed by atoms with Gasteiger partial charge in [0.25, 0.3) is 0 Å². The summed E-state index contributed by atoms with van der Waals surface area (Å²) in [4.78, 5) is 0. The molecule has 17 heteroatoms. The molecule has 1 unspecified atom stereocenters. The van der Waals surface area contributed by atoms with Crippen molar-refractivity contribution in [2.75, 3.05) is 77.1 Å². The van der Waals surface area contributed by atoms with Crippen LogP contribution in [0.1, 0.15) is 36.4 Å². The second-order valence-corrected chi connectivity index (χ2v) is 27.8. The maximum atomic E-state index is 5.95. The standard InChI is InChI=1S/C30H64N2O9Si6/c1-25(47(39-8,40-9)41-10)26-17-18-28(43(11)12)27(29(26)44(13)14)19-22-42-30(31-20-15-23-45(33-2,34-3)35-4)32-21-16-24-46(36-5,37-6)38-7/h17-18,25,30-32H,15-16,19-24H2,1-14H3. The van der Waals surface area contributed by atoms with Gasteiger partial charge in [0.15, 0.2) is 0 Å². The number of benzene rings is 1. The van der Waals surface area contributed by atoms with Crippen molar-refractivity contribution >= 4 is 63.9 Å². The number of rotatable bonds is 27. The van der Waals surface area contributed by atoms with E-state index in [0.29, 0.717) is 9.52 Å². The van der Waals surface area contributed by atoms with Gasteiger partial charge in [0.2, 0.25) is 0 Å². The molecule has 0 aliphatic rings. The third kappa shape index (κ3) is 12.7. The summed E-state index contributed by atoms with van der Waals surface area (Å²) in [6.45, 7) is 13.5. The molecule has 0 aliphatic heterocycles. The van der Waals surface area contributed by atoms with E-state index in [0.717, 1.165) is 50.5 Å². The van der Waals surface area contributed by atoms with Gasteiger partial charge in [-0.25, -0.2) is 0 Å². The third-order valence-electron chi connectivity index (χ3n) is 8.84. The van der Waals surface area contributed by atoms with Crippen molar-refractivity contribution in [1.29, 1.82) is 0 Å². The van der Waals surface area contributed by atoms with Gasteiger partial charge in [-0.15, -0.1) is 0 Å². The predicted molar refractivity (Wildman–Crippen MR) is 202 cm³/mol. The molecule has 0 aromatic heterocycles. The van der Waals surface area contributed by atoms with Crippen molar-refractivity contribution in [3.63, 3.8) is 0 Å². The van der Waals surface area contributed by atoms with Crippen LogP contribution in [0.25, 0.3) is 0 Å². The first kappa shape index (κ1) is 45.1. The Morgan fingerprint density at radius 3 is 1.47 bits per heavy atom. The van der Waals surface area contributed by atoms with Crippen molar-refractivity contribution in [2.45, 2.75) is 81.8 Å². The van der Waals surface area contributed by atoms with Gasteiger partial charge in [-0.1, -0.05) is 67.2 Å². The highest BCUT2D eigenvalue weighted by Crippen LogP contribution is 2.28. The average molecular weight is 765 g/mol. The summed E-state index contributed by atoms with van der Waals surface area (Å²) in [5.74, 6) is 0.174. The summed E-state index contributed by atoms with van der Waals surface area (Å²) in [6.07, 6.45) is 2.83. The van der Waals surface area contributed by atoms with E-state index in [-0.39, 0.29) is 11.3 Å². The molecule has 47 heavy (non-hydrogen) atoms. The van der Waals surface area contributed by atoms with Crippen LogP contribution in [0.3, 0.4) is 0 Å². The minimum absolute atomic E-state index is 0.0389. The van der Waals surface area contributed by atoms with Crippen molar-refractivity contribution in [1.82, 2.24) is 10.6 Å². The minimum Gasteiger partial charge on any atom is -0.377 e. The predicted octanol–water partition coefficient (Wildman–Crippen LogP) is 2.79. The van der Waals surface area contributed by atoms with Crippen molar-refractivity contribution in [3.8, 4) is 0 Å². The molecule has 0 bridgehead atoms. The zero-order valence-corrected chi connectivity index (χ0v) is 37.6. The summed E-state index contributed by atoms with van der Waals surface area (Å²) in [5.41, 5.74) is 2.90. The Balaban J connectivity index is 3.23. The van der Waals surface area contributed by atoms with Crippen molar-refractivity contribution < 1.29 is 39.8 Å². The van der Waals surface area contributed by atoms with Gasteiger partial charge in [-0.2, -0.15) is 0 Å². The summed E-state index contributed by atoms with van der Waals surface area (Å²) in [6, 6.07) is 7.29. The fraction of sp³-hybridized carbons (Fsp3) is 0.800. The summed E-state index contributed by atoms with van der Waals surface area (Å²) in [5, 5.41) is 10.6. The Bertz CT molecular complexity index is 950. The Hall–Kier alpha value is 0.0813. The first-order chi connectivity index (χ1) is 22.4. The second kappa shape index (κ2) is 22.8. The Kier molecular flexibility index (Phi) is 21.9. The largest absolute Gasteiger partial charge is 0.507 e. The van der Waals surface area contributed by atoms with Crippen LogP contribution in [0, 0.1) is 0 Å². The molecule has 11 nitrogen and oxygen atoms in total. The average Bonchev–Trinajstić information content (AvgIpc) is 3.09. The molecule has 4 radical (unpaired) electrons. The van der Waals surface area contributed by atoms with Crippen LogP contribution in [0.15, 0.2) is 12.1 Å². The van der Waals surface area contributed by atoms with E-state index in [1.807, 2.05) is 0 Å². The molecule has 2 N–H and O–H groups in total. The lowest BCUT2D eigenvalue weighted by atomic mass is 10.1. The molecule has 1 aromatic carbocycles. The molecule has 0 aliphatic carbocycles. The van der Waals surface area contributed by atoms with Crippen LogP contribution in [0.2, 0.25) is 44.3 Å². The molecule has 0 heterocycles. The molecule has 0 saturated carbocycles. The Morgan fingerprint density at radius 2 is 1.11 bits per heavy atom. The van der Waals surface area contributed by atoms with Crippen LogP contribution in [-0.4, -0.2) is 136 Å². The molecule has 0 spiro atoms. The molecule has 0 fully saturated rings. The van der Waals surface area contributed by atoms with Crippen LogP contribution in [0.4, 0.5) is 0 Å². The topological polar surface area (TPSA) is 107 Å². The molecular weight excluding hydrogens is 701 g/mol. The van der Waals surface area contributed by atoms with Crippen molar-refractivity contribution in [3.05, 3.63) is 23.3 Å². The maximum Gasteiger partial charge on any atom is 0.507 e. The molecule has 272 valence electrons. The quantitative estimate of drug-likeness (QED) is 0.0786. The third-order valence-corrected chi connectivity index (χ3v) is 22.1. The van der Waals surface area contributed by atoms with Crippen molar-refractivity contribution in [2.24, 2.45) is 0 Å². The minimum atomic E-state index is -2.88. The zero-order valence-electron chi connectivity index (χ0n) is 31.6. The van der Waals surface area contributed by atoms with E-state index < -0.39 is 44.0 Å². The lowest BCUT2D eigenvalue weighted by Crippen LogP contribution is -2.51. The molecular formula is C30H64N2O9Si6. The molecule has 1 aromatic rings. The highest BCUT2D eigenvalue weighted by molar-refractivity contribution is 6.76. The fourth-order valence-corrected chi connectivity index (χ4v) is 16.3. The summed E-state index contributed by atoms with van der Waals surface area (Å²) in [7, 11) is 6.23. The summed E-state index contributed by atoms with van der Waals surface area (Å²) < 4.78 is 51.7. The van der Waals surface area contributed by atoms with E-state index >= 15 is 0 Å². The highest BCUT2D eigenvalue weighted by atomic mass is 28.4. The van der Waals surface area contributed by atoms with E-state index in [1.165, 1.54) is 21.5 Å². The molecule has 0 amide bonds. The van der Waals surface area contributed by atoms with Crippen LogP contribution >= 0.6 is 0 Å². The lowest BCUT2D eigenvalue weighted by molar-refractivity contribution is 0.114. The van der Waals surface area contributed by atoms with Crippen LogP contribution in [-0.2, 0) is 46.3 Å².